The lowest BCUT2D eigenvalue weighted by molar-refractivity contribution is 0.0689. The second-order valence-electron chi connectivity index (χ2n) is 8.73. The number of hydrogen-bond acceptors (Lipinski definition) is 4. The highest BCUT2D eigenvalue weighted by atomic mass is 16.2. The molecule has 0 aliphatic carbocycles. The number of H-pyrrole nitrogens is 1. The number of amides is 1. The van der Waals surface area contributed by atoms with Crippen molar-refractivity contribution in [2.45, 2.75) is 40.0 Å². The van der Waals surface area contributed by atoms with Gasteiger partial charge in [-0.3, -0.25) is 4.79 Å². The number of aromatic amines is 1. The smallest absolute Gasteiger partial charge is 0.347 e. The third-order valence-corrected chi connectivity index (χ3v) is 6.71. The van der Waals surface area contributed by atoms with Gasteiger partial charge in [-0.1, -0.05) is 18.2 Å². The molecule has 4 rings (SSSR count). The molecule has 7 heteroatoms. The van der Waals surface area contributed by atoms with E-state index in [9.17, 15) is 9.59 Å². The van der Waals surface area contributed by atoms with Gasteiger partial charge in [-0.05, 0) is 75.4 Å². The molecule has 33 heavy (non-hydrogen) atoms. The van der Waals surface area contributed by atoms with E-state index in [-0.39, 0.29) is 11.6 Å². The maximum absolute atomic E-state index is 13.0. The van der Waals surface area contributed by atoms with Crippen molar-refractivity contribution < 1.29 is 4.79 Å². The number of carbonyl (C=O) groups is 1. The van der Waals surface area contributed by atoms with Gasteiger partial charge in [0.2, 0.25) is 0 Å². The molecule has 1 amide bonds. The summed E-state index contributed by atoms with van der Waals surface area (Å²) in [6.45, 7) is 9.61. The first-order chi connectivity index (χ1) is 16.0. The standard InChI is InChI=1S/C26H33N5O2/c1-4-29(5-2)22-12-10-21(11-13-22)25(32)30-16-14-20(15-17-30)18-24-27-28-26(33)31(24)23-9-7-6-8-19(23)3/h6-13,20H,4-5,14-18H2,1-3H3,(H,28,33). The molecular weight excluding hydrogens is 414 g/mol. The second-order valence-corrected chi connectivity index (χ2v) is 8.73. The van der Waals surface area contributed by atoms with Gasteiger partial charge in [0.1, 0.15) is 5.82 Å². The van der Waals surface area contributed by atoms with Crippen LogP contribution in [-0.4, -0.2) is 51.8 Å². The van der Waals surface area contributed by atoms with Crippen LogP contribution in [0.5, 0.6) is 0 Å². The Labute approximate surface area is 195 Å². The molecular formula is C26H33N5O2. The Kier molecular flexibility index (Phi) is 6.96. The van der Waals surface area contributed by atoms with E-state index in [0.29, 0.717) is 12.3 Å². The molecule has 0 unspecified atom stereocenters. The highest BCUT2D eigenvalue weighted by molar-refractivity contribution is 5.94. The lowest BCUT2D eigenvalue weighted by Gasteiger charge is -2.32. The number of benzene rings is 2. The fourth-order valence-corrected chi connectivity index (χ4v) is 4.71. The molecule has 1 aliphatic heterocycles. The SMILES string of the molecule is CCN(CC)c1ccc(C(=O)N2CCC(Cc3n[nH]c(=O)n3-c3ccccc3C)CC2)cc1. The highest BCUT2D eigenvalue weighted by Crippen LogP contribution is 2.24. The number of likely N-dealkylation sites (tertiary alicyclic amines) is 1. The van der Waals surface area contributed by atoms with Gasteiger partial charge in [0.15, 0.2) is 0 Å². The molecule has 2 aromatic carbocycles. The van der Waals surface area contributed by atoms with Crippen molar-refractivity contribution in [2.75, 3.05) is 31.1 Å². The van der Waals surface area contributed by atoms with Crippen molar-refractivity contribution in [1.82, 2.24) is 19.7 Å². The largest absolute Gasteiger partial charge is 0.372 e. The molecule has 0 bridgehead atoms. The van der Waals surface area contributed by atoms with Crippen LogP contribution in [0.2, 0.25) is 0 Å². The summed E-state index contributed by atoms with van der Waals surface area (Å²) in [6, 6.07) is 15.8. The van der Waals surface area contributed by atoms with Crippen molar-refractivity contribution >= 4 is 11.6 Å². The van der Waals surface area contributed by atoms with Crippen LogP contribution in [0.1, 0.15) is 48.4 Å². The Morgan fingerprint density at radius 2 is 1.73 bits per heavy atom. The minimum atomic E-state index is -0.208. The van der Waals surface area contributed by atoms with Gasteiger partial charge in [0.05, 0.1) is 5.69 Å². The third kappa shape index (κ3) is 4.87. The third-order valence-electron chi connectivity index (χ3n) is 6.71. The molecule has 1 aliphatic rings. The van der Waals surface area contributed by atoms with Gasteiger partial charge in [-0.15, -0.1) is 0 Å². The van der Waals surface area contributed by atoms with E-state index in [0.717, 1.165) is 67.3 Å². The van der Waals surface area contributed by atoms with Gasteiger partial charge < -0.3 is 9.80 Å². The molecule has 0 saturated carbocycles. The summed E-state index contributed by atoms with van der Waals surface area (Å²) in [4.78, 5) is 29.7. The second kappa shape index (κ2) is 10.1. The summed E-state index contributed by atoms with van der Waals surface area (Å²) in [5, 5.41) is 6.92. The van der Waals surface area contributed by atoms with Crippen LogP contribution >= 0.6 is 0 Å². The molecule has 0 spiro atoms. The number of para-hydroxylation sites is 1. The fourth-order valence-electron chi connectivity index (χ4n) is 4.71. The normalized spacial score (nSPS) is 14.5. The zero-order chi connectivity index (χ0) is 23.4. The number of rotatable bonds is 7. The van der Waals surface area contributed by atoms with E-state index in [4.69, 9.17) is 0 Å². The van der Waals surface area contributed by atoms with E-state index < -0.39 is 0 Å². The number of piperidine rings is 1. The molecule has 1 aromatic heterocycles. The maximum Gasteiger partial charge on any atom is 0.347 e. The van der Waals surface area contributed by atoms with Crippen LogP contribution in [0.25, 0.3) is 5.69 Å². The lowest BCUT2D eigenvalue weighted by Crippen LogP contribution is -2.39. The van der Waals surface area contributed by atoms with Crippen LogP contribution in [0.4, 0.5) is 5.69 Å². The predicted molar refractivity (Wildman–Crippen MR) is 131 cm³/mol. The van der Waals surface area contributed by atoms with Crippen LogP contribution in [0.15, 0.2) is 53.3 Å². The quantitative estimate of drug-likeness (QED) is 0.598. The van der Waals surface area contributed by atoms with E-state index in [1.807, 2.05) is 60.4 Å². The number of nitrogens with one attached hydrogen (secondary N) is 1. The first-order valence-electron chi connectivity index (χ1n) is 11.9. The van der Waals surface area contributed by atoms with E-state index in [1.54, 1.807) is 4.57 Å². The summed E-state index contributed by atoms with van der Waals surface area (Å²) in [6.07, 6.45) is 2.52. The molecule has 1 N–H and O–H groups in total. The van der Waals surface area contributed by atoms with Crippen molar-refractivity contribution in [3.05, 3.63) is 76.0 Å². The molecule has 0 radical (unpaired) electrons. The van der Waals surface area contributed by atoms with E-state index in [2.05, 4.69) is 28.9 Å². The molecule has 2 heterocycles. The van der Waals surface area contributed by atoms with Crippen molar-refractivity contribution in [3.63, 3.8) is 0 Å². The first kappa shape index (κ1) is 22.8. The Bertz CT molecular complexity index is 1140. The topological polar surface area (TPSA) is 74.2 Å². The Hall–Kier alpha value is -3.35. The molecule has 7 nitrogen and oxygen atoms in total. The van der Waals surface area contributed by atoms with Crippen LogP contribution in [-0.2, 0) is 6.42 Å². The van der Waals surface area contributed by atoms with Crippen molar-refractivity contribution in [1.29, 1.82) is 0 Å². The number of aryl methyl sites for hydroxylation is 1. The monoisotopic (exact) mass is 447 g/mol. The van der Waals surface area contributed by atoms with Gasteiger partial charge >= 0.3 is 5.69 Å². The zero-order valence-electron chi connectivity index (χ0n) is 19.8. The summed E-state index contributed by atoms with van der Waals surface area (Å²) in [5.41, 5.74) is 3.58. The lowest BCUT2D eigenvalue weighted by atomic mass is 9.92. The molecule has 0 atom stereocenters. The molecule has 1 saturated heterocycles. The van der Waals surface area contributed by atoms with E-state index >= 15 is 0 Å². The minimum Gasteiger partial charge on any atom is -0.372 e. The maximum atomic E-state index is 13.0. The number of hydrogen-bond donors (Lipinski definition) is 1. The number of aromatic nitrogens is 3. The zero-order valence-corrected chi connectivity index (χ0v) is 19.8. The molecule has 1 fully saturated rings. The Balaban J connectivity index is 1.39. The van der Waals surface area contributed by atoms with Crippen molar-refractivity contribution in [2.24, 2.45) is 5.92 Å². The van der Waals surface area contributed by atoms with Gasteiger partial charge in [0.25, 0.3) is 5.91 Å². The number of nitrogens with zero attached hydrogens (tertiary/aromatic N) is 4. The van der Waals surface area contributed by atoms with Crippen LogP contribution in [0, 0.1) is 12.8 Å². The average Bonchev–Trinajstić information content (AvgIpc) is 3.20. The van der Waals surface area contributed by atoms with Gasteiger partial charge in [-0.2, -0.15) is 5.10 Å². The van der Waals surface area contributed by atoms with Crippen LogP contribution in [0.3, 0.4) is 0 Å². The van der Waals surface area contributed by atoms with E-state index in [1.165, 1.54) is 0 Å². The number of anilines is 1. The van der Waals surface area contributed by atoms with Gasteiger partial charge in [0, 0.05) is 43.9 Å². The summed E-state index contributed by atoms with van der Waals surface area (Å²) in [5.74, 6) is 1.24. The minimum absolute atomic E-state index is 0.0936. The first-order valence-corrected chi connectivity index (χ1v) is 11.9. The number of carbonyl (C=O) groups excluding carboxylic acids is 1. The molecule has 174 valence electrons. The Morgan fingerprint density at radius 1 is 1.06 bits per heavy atom. The van der Waals surface area contributed by atoms with Crippen molar-refractivity contribution in [3.8, 4) is 5.69 Å². The summed E-state index contributed by atoms with van der Waals surface area (Å²) >= 11 is 0. The summed E-state index contributed by atoms with van der Waals surface area (Å²) < 4.78 is 1.68. The highest BCUT2D eigenvalue weighted by Gasteiger charge is 2.26. The summed E-state index contributed by atoms with van der Waals surface area (Å²) in [7, 11) is 0. The molecule has 3 aromatic rings. The van der Waals surface area contributed by atoms with Gasteiger partial charge in [-0.25, -0.2) is 14.5 Å². The predicted octanol–water partition coefficient (Wildman–Crippen LogP) is 3.81. The van der Waals surface area contributed by atoms with Crippen LogP contribution < -0.4 is 10.6 Å². The fraction of sp³-hybridized carbons (Fsp3) is 0.423. The average molecular weight is 448 g/mol. The Morgan fingerprint density at radius 3 is 2.36 bits per heavy atom.